The van der Waals surface area contributed by atoms with Gasteiger partial charge in [0.1, 0.15) is 0 Å². The molecule has 0 bridgehead atoms. The van der Waals surface area contributed by atoms with E-state index in [4.69, 9.17) is 23.2 Å². The molecular weight excluding hydrogens is 281 g/mol. The van der Waals surface area contributed by atoms with Crippen LogP contribution in [-0.4, -0.2) is 30.3 Å². The molecule has 1 saturated heterocycles. The van der Waals surface area contributed by atoms with Crippen LogP contribution in [0.2, 0.25) is 10.0 Å². The van der Waals surface area contributed by atoms with Crippen molar-refractivity contribution in [2.45, 2.75) is 32.1 Å². The summed E-state index contributed by atoms with van der Waals surface area (Å²) in [5.74, 6) is 0.126. The molecular formula is C15H19Cl2NO. The summed E-state index contributed by atoms with van der Waals surface area (Å²) in [5, 5.41) is 1.04. The van der Waals surface area contributed by atoms with Gasteiger partial charge in [0.2, 0.25) is 0 Å². The van der Waals surface area contributed by atoms with E-state index in [0.29, 0.717) is 22.0 Å². The van der Waals surface area contributed by atoms with Crippen LogP contribution in [0.1, 0.15) is 42.5 Å². The maximum absolute atomic E-state index is 12.1. The van der Waals surface area contributed by atoms with Gasteiger partial charge >= 0.3 is 0 Å². The number of Topliss-reactive ketones (excluding diaryl/α,β-unsaturated/α-hetero) is 1. The molecule has 2 rings (SSSR count). The monoisotopic (exact) mass is 299 g/mol. The van der Waals surface area contributed by atoms with Gasteiger partial charge in [-0.05, 0) is 57.1 Å². The second-order valence-electron chi connectivity index (χ2n) is 5.09. The van der Waals surface area contributed by atoms with Gasteiger partial charge in [-0.25, -0.2) is 0 Å². The zero-order valence-corrected chi connectivity index (χ0v) is 12.5. The first kappa shape index (κ1) is 14.8. The van der Waals surface area contributed by atoms with Crippen LogP contribution >= 0.6 is 23.2 Å². The number of carbonyl (C=O) groups is 1. The highest BCUT2D eigenvalue weighted by atomic mass is 35.5. The van der Waals surface area contributed by atoms with E-state index in [-0.39, 0.29) is 5.78 Å². The molecule has 0 aromatic heterocycles. The zero-order chi connectivity index (χ0) is 13.7. The molecule has 0 radical (unpaired) electrons. The minimum atomic E-state index is 0.126. The normalized spacial score (nSPS) is 16.5. The first-order valence-corrected chi connectivity index (χ1v) is 7.62. The molecule has 0 spiro atoms. The largest absolute Gasteiger partial charge is 0.303 e. The number of hydrogen-bond donors (Lipinski definition) is 0. The van der Waals surface area contributed by atoms with Crippen molar-refractivity contribution in [2.24, 2.45) is 0 Å². The number of piperidine rings is 1. The Morgan fingerprint density at radius 3 is 2.32 bits per heavy atom. The SMILES string of the molecule is O=C(CCCN1CCCCC1)c1cc(Cl)cc(Cl)c1. The van der Waals surface area contributed by atoms with Crippen molar-refractivity contribution in [3.05, 3.63) is 33.8 Å². The molecule has 0 amide bonds. The van der Waals surface area contributed by atoms with Crippen molar-refractivity contribution in [1.29, 1.82) is 0 Å². The molecule has 104 valence electrons. The van der Waals surface area contributed by atoms with Crippen molar-refractivity contribution in [1.82, 2.24) is 4.90 Å². The van der Waals surface area contributed by atoms with E-state index >= 15 is 0 Å². The van der Waals surface area contributed by atoms with Gasteiger partial charge in [-0.3, -0.25) is 4.79 Å². The standard InChI is InChI=1S/C15H19Cl2NO/c16-13-9-12(10-14(17)11-13)15(19)5-4-8-18-6-2-1-3-7-18/h9-11H,1-8H2. The molecule has 19 heavy (non-hydrogen) atoms. The summed E-state index contributed by atoms with van der Waals surface area (Å²) in [6.45, 7) is 3.37. The molecule has 1 aromatic carbocycles. The van der Waals surface area contributed by atoms with Crippen LogP contribution in [0.4, 0.5) is 0 Å². The number of rotatable bonds is 5. The average molecular weight is 300 g/mol. The van der Waals surface area contributed by atoms with Crippen LogP contribution in [0, 0.1) is 0 Å². The van der Waals surface area contributed by atoms with Gasteiger partial charge in [0, 0.05) is 22.0 Å². The summed E-state index contributed by atoms with van der Waals surface area (Å²) in [5.41, 5.74) is 0.621. The Morgan fingerprint density at radius 2 is 1.68 bits per heavy atom. The van der Waals surface area contributed by atoms with Gasteiger partial charge in [-0.2, -0.15) is 0 Å². The lowest BCUT2D eigenvalue weighted by Gasteiger charge is -2.26. The highest BCUT2D eigenvalue weighted by Crippen LogP contribution is 2.20. The average Bonchev–Trinajstić information content (AvgIpc) is 2.38. The number of ketones is 1. The Labute approximate surface area is 124 Å². The van der Waals surface area contributed by atoms with Gasteiger partial charge in [-0.15, -0.1) is 0 Å². The Kier molecular flexibility index (Phi) is 5.68. The fraction of sp³-hybridized carbons (Fsp3) is 0.533. The number of likely N-dealkylation sites (tertiary alicyclic amines) is 1. The van der Waals surface area contributed by atoms with E-state index in [0.717, 1.165) is 13.0 Å². The smallest absolute Gasteiger partial charge is 0.163 e. The zero-order valence-electron chi connectivity index (χ0n) is 11.0. The van der Waals surface area contributed by atoms with Gasteiger partial charge in [0.25, 0.3) is 0 Å². The van der Waals surface area contributed by atoms with Crippen LogP contribution in [0.5, 0.6) is 0 Å². The minimum Gasteiger partial charge on any atom is -0.303 e. The van der Waals surface area contributed by atoms with Crippen molar-refractivity contribution in [3.63, 3.8) is 0 Å². The van der Waals surface area contributed by atoms with Gasteiger partial charge in [0.05, 0.1) is 0 Å². The number of carbonyl (C=O) groups excluding carboxylic acids is 1. The van der Waals surface area contributed by atoms with Crippen LogP contribution in [0.25, 0.3) is 0 Å². The van der Waals surface area contributed by atoms with E-state index < -0.39 is 0 Å². The Balaban J connectivity index is 1.80. The second kappa shape index (κ2) is 7.28. The second-order valence-corrected chi connectivity index (χ2v) is 5.96. The number of halogens is 2. The minimum absolute atomic E-state index is 0.126. The molecule has 1 fully saturated rings. The highest BCUT2D eigenvalue weighted by Gasteiger charge is 2.12. The Hall–Kier alpha value is -0.570. The van der Waals surface area contributed by atoms with Crippen LogP contribution in [0.3, 0.4) is 0 Å². The number of benzene rings is 1. The predicted octanol–water partition coefficient (Wildman–Crippen LogP) is 4.44. The third kappa shape index (κ3) is 4.79. The fourth-order valence-electron chi connectivity index (χ4n) is 2.51. The van der Waals surface area contributed by atoms with Gasteiger partial charge < -0.3 is 4.90 Å². The van der Waals surface area contributed by atoms with Crippen molar-refractivity contribution >= 4 is 29.0 Å². The van der Waals surface area contributed by atoms with Gasteiger partial charge in [0.15, 0.2) is 5.78 Å². The quantitative estimate of drug-likeness (QED) is 0.749. The topological polar surface area (TPSA) is 20.3 Å². The van der Waals surface area contributed by atoms with Crippen LogP contribution in [-0.2, 0) is 0 Å². The molecule has 0 atom stereocenters. The summed E-state index contributed by atoms with van der Waals surface area (Å²) < 4.78 is 0. The number of nitrogens with zero attached hydrogens (tertiary/aromatic N) is 1. The third-order valence-electron chi connectivity index (χ3n) is 3.51. The predicted molar refractivity (Wildman–Crippen MR) is 80.3 cm³/mol. The molecule has 0 aliphatic carbocycles. The maximum Gasteiger partial charge on any atom is 0.163 e. The molecule has 2 nitrogen and oxygen atoms in total. The summed E-state index contributed by atoms with van der Waals surface area (Å²) in [4.78, 5) is 14.5. The molecule has 1 aliphatic heterocycles. The van der Waals surface area contributed by atoms with E-state index in [2.05, 4.69) is 4.90 Å². The van der Waals surface area contributed by atoms with Crippen LogP contribution < -0.4 is 0 Å². The van der Waals surface area contributed by atoms with Crippen LogP contribution in [0.15, 0.2) is 18.2 Å². The number of hydrogen-bond acceptors (Lipinski definition) is 2. The first-order chi connectivity index (χ1) is 9.15. The third-order valence-corrected chi connectivity index (χ3v) is 3.95. The fourth-order valence-corrected chi connectivity index (χ4v) is 3.03. The van der Waals surface area contributed by atoms with Crippen molar-refractivity contribution in [3.8, 4) is 0 Å². The molecule has 1 aromatic rings. The molecule has 4 heteroatoms. The summed E-state index contributed by atoms with van der Waals surface area (Å²) >= 11 is 11.8. The van der Waals surface area contributed by atoms with E-state index in [1.165, 1.54) is 32.4 Å². The highest BCUT2D eigenvalue weighted by molar-refractivity contribution is 6.35. The summed E-state index contributed by atoms with van der Waals surface area (Å²) in [6.07, 6.45) is 5.39. The lowest BCUT2D eigenvalue weighted by molar-refractivity contribution is 0.0973. The summed E-state index contributed by atoms with van der Waals surface area (Å²) in [7, 11) is 0. The lowest BCUT2D eigenvalue weighted by Crippen LogP contribution is -2.30. The van der Waals surface area contributed by atoms with E-state index in [1.807, 2.05) is 0 Å². The molecule has 0 unspecified atom stereocenters. The van der Waals surface area contributed by atoms with Gasteiger partial charge in [-0.1, -0.05) is 29.6 Å². The summed E-state index contributed by atoms with van der Waals surface area (Å²) in [6, 6.07) is 5.03. The molecule has 0 saturated carbocycles. The molecule has 1 aliphatic rings. The lowest BCUT2D eigenvalue weighted by atomic mass is 10.1. The van der Waals surface area contributed by atoms with E-state index in [9.17, 15) is 4.79 Å². The van der Waals surface area contributed by atoms with E-state index in [1.54, 1.807) is 18.2 Å². The first-order valence-electron chi connectivity index (χ1n) is 6.87. The van der Waals surface area contributed by atoms with Crippen molar-refractivity contribution < 1.29 is 4.79 Å². The molecule has 0 N–H and O–H groups in total. The maximum atomic E-state index is 12.1. The Morgan fingerprint density at radius 1 is 1.05 bits per heavy atom. The van der Waals surface area contributed by atoms with Crippen molar-refractivity contribution in [2.75, 3.05) is 19.6 Å². The Bertz CT molecular complexity index is 422. The molecule has 1 heterocycles.